The highest BCUT2D eigenvalue weighted by Crippen LogP contribution is 2.43. The Bertz CT molecular complexity index is 1250. The predicted octanol–water partition coefficient (Wildman–Crippen LogP) is 2.55. The van der Waals surface area contributed by atoms with Gasteiger partial charge in [-0.3, -0.25) is 19.3 Å². The lowest BCUT2D eigenvalue weighted by Crippen LogP contribution is -2.46. The monoisotopic (exact) mass is 551 g/mol. The van der Waals surface area contributed by atoms with E-state index >= 15 is 0 Å². The first kappa shape index (κ1) is 27.9. The van der Waals surface area contributed by atoms with E-state index in [1.165, 1.54) is 0 Å². The average Bonchev–Trinajstić information content (AvgIpc) is 3.65. The summed E-state index contributed by atoms with van der Waals surface area (Å²) in [5, 5.41) is 10.5. The third kappa shape index (κ3) is 5.91. The molecule has 2 fully saturated rings. The number of aryl methyl sites for hydroxylation is 1. The minimum Gasteiger partial charge on any atom is -0.481 e. The summed E-state index contributed by atoms with van der Waals surface area (Å²) >= 11 is 0. The minimum absolute atomic E-state index is 0.0580. The number of nitrogens with zero attached hydrogens (tertiary/aromatic N) is 4. The third-order valence-corrected chi connectivity index (χ3v) is 8.33. The largest absolute Gasteiger partial charge is 0.481 e. The lowest BCUT2D eigenvalue weighted by Gasteiger charge is -2.30. The van der Waals surface area contributed by atoms with Crippen molar-refractivity contribution in [3.8, 4) is 11.5 Å². The molecule has 1 N–H and O–H groups in total. The molecule has 214 valence electrons. The van der Waals surface area contributed by atoms with Crippen LogP contribution >= 0.6 is 0 Å². The molecule has 2 amide bonds. The number of aliphatic carboxylic acids is 1. The van der Waals surface area contributed by atoms with Crippen LogP contribution in [0.4, 0.5) is 5.69 Å². The van der Waals surface area contributed by atoms with Crippen molar-refractivity contribution >= 4 is 23.5 Å². The van der Waals surface area contributed by atoms with Gasteiger partial charge in [-0.2, -0.15) is 0 Å². The Labute approximate surface area is 235 Å². The number of aromatic nitrogens is 1. The van der Waals surface area contributed by atoms with Crippen LogP contribution in [-0.2, 0) is 21.4 Å². The first-order chi connectivity index (χ1) is 19.4. The Kier molecular flexibility index (Phi) is 8.54. The van der Waals surface area contributed by atoms with Crippen molar-refractivity contribution < 1.29 is 33.5 Å². The van der Waals surface area contributed by atoms with Gasteiger partial charge in [0.1, 0.15) is 12.7 Å². The predicted molar refractivity (Wildman–Crippen MR) is 147 cm³/mol. The van der Waals surface area contributed by atoms with Crippen molar-refractivity contribution in [1.29, 1.82) is 0 Å². The highest BCUT2D eigenvalue weighted by atomic mass is 16.7. The van der Waals surface area contributed by atoms with Gasteiger partial charge in [-0.1, -0.05) is 19.4 Å². The fourth-order valence-electron chi connectivity index (χ4n) is 6.27. The zero-order valence-corrected chi connectivity index (χ0v) is 23.3. The minimum atomic E-state index is -0.895. The first-order valence-electron chi connectivity index (χ1n) is 14.3. The number of anilines is 1. The van der Waals surface area contributed by atoms with E-state index in [-0.39, 0.29) is 31.1 Å². The van der Waals surface area contributed by atoms with Gasteiger partial charge in [0, 0.05) is 50.6 Å². The second-order valence-corrected chi connectivity index (χ2v) is 11.0. The first-order valence-corrected chi connectivity index (χ1v) is 14.3. The van der Waals surface area contributed by atoms with Crippen LogP contribution in [0.3, 0.4) is 0 Å². The summed E-state index contributed by atoms with van der Waals surface area (Å²) in [7, 11) is 1.93. The summed E-state index contributed by atoms with van der Waals surface area (Å²) in [5.41, 5.74) is 1.68. The summed E-state index contributed by atoms with van der Waals surface area (Å²) in [6.45, 7) is 4.54. The van der Waals surface area contributed by atoms with E-state index in [4.69, 9.17) is 9.47 Å². The van der Waals surface area contributed by atoms with Crippen molar-refractivity contribution in [3.05, 3.63) is 48.3 Å². The quantitative estimate of drug-likeness (QED) is 0.428. The second-order valence-electron chi connectivity index (χ2n) is 11.0. The fourth-order valence-corrected chi connectivity index (χ4v) is 6.27. The zero-order valence-electron chi connectivity index (χ0n) is 23.3. The van der Waals surface area contributed by atoms with E-state index in [1.807, 2.05) is 69.0 Å². The highest BCUT2D eigenvalue weighted by Gasteiger charge is 2.47. The lowest BCUT2D eigenvalue weighted by molar-refractivity contribution is -0.670. The van der Waals surface area contributed by atoms with Gasteiger partial charge >= 0.3 is 5.97 Å². The Morgan fingerprint density at radius 1 is 1.20 bits per heavy atom. The molecule has 10 heteroatoms. The van der Waals surface area contributed by atoms with Gasteiger partial charge in [-0.05, 0) is 43.0 Å². The van der Waals surface area contributed by atoms with Gasteiger partial charge in [0.15, 0.2) is 23.9 Å². The van der Waals surface area contributed by atoms with Crippen LogP contribution in [0.15, 0.2) is 42.7 Å². The number of carboxylic acids is 1. The molecule has 1 aromatic heterocycles. The summed E-state index contributed by atoms with van der Waals surface area (Å²) in [6, 6.07) is 9.05. The second kappa shape index (κ2) is 12.2. The fraction of sp³-hybridized carbons (Fsp3) is 0.533. The normalized spacial score (nSPS) is 22.2. The van der Waals surface area contributed by atoms with Crippen molar-refractivity contribution in [3.63, 3.8) is 0 Å². The molecular weight excluding hydrogens is 512 g/mol. The molecule has 5 rings (SSSR count). The number of carbonyl (C=O) groups is 3. The van der Waals surface area contributed by atoms with Gasteiger partial charge in [-0.15, -0.1) is 0 Å². The van der Waals surface area contributed by atoms with Crippen molar-refractivity contribution in [1.82, 2.24) is 9.80 Å². The summed E-state index contributed by atoms with van der Waals surface area (Å²) in [6.07, 6.45) is 7.53. The lowest BCUT2D eigenvalue weighted by atomic mass is 9.84. The number of fused-ring (bicyclic) bond motifs is 1. The number of likely N-dealkylation sites (tertiary alicyclic amines) is 2. The van der Waals surface area contributed by atoms with Crippen LogP contribution in [0.5, 0.6) is 11.5 Å². The molecule has 40 heavy (non-hydrogen) atoms. The van der Waals surface area contributed by atoms with Gasteiger partial charge in [0.25, 0.3) is 0 Å². The number of carboxylic acid groups (broad SMARTS) is 1. The molecule has 0 saturated carbocycles. The smallest absolute Gasteiger partial charge is 0.308 e. The number of benzene rings is 1. The molecule has 0 radical (unpaired) electrons. The maximum absolute atomic E-state index is 13.9. The topological polar surface area (TPSA) is 104 Å². The van der Waals surface area contributed by atoms with Gasteiger partial charge in [0.05, 0.1) is 12.5 Å². The number of rotatable bonds is 11. The van der Waals surface area contributed by atoms with E-state index in [9.17, 15) is 19.5 Å². The van der Waals surface area contributed by atoms with Crippen molar-refractivity contribution in [2.24, 2.45) is 13.0 Å². The van der Waals surface area contributed by atoms with Crippen LogP contribution in [0.1, 0.15) is 50.5 Å². The maximum atomic E-state index is 13.9. The number of hydrogen-bond donors (Lipinski definition) is 1. The van der Waals surface area contributed by atoms with Crippen LogP contribution in [0.2, 0.25) is 0 Å². The molecule has 0 spiro atoms. The van der Waals surface area contributed by atoms with E-state index < -0.39 is 17.9 Å². The molecule has 3 atom stereocenters. The van der Waals surface area contributed by atoms with Crippen molar-refractivity contribution in [2.45, 2.75) is 51.0 Å². The molecule has 0 unspecified atom stereocenters. The molecule has 3 aliphatic rings. The molecular formula is C30H39N4O6+. The van der Waals surface area contributed by atoms with Crippen LogP contribution in [0, 0.1) is 5.92 Å². The van der Waals surface area contributed by atoms with E-state index in [0.29, 0.717) is 50.5 Å². The Hall–Kier alpha value is -3.66. The summed E-state index contributed by atoms with van der Waals surface area (Å²) in [5.74, 6) is -0.652. The van der Waals surface area contributed by atoms with Crippen LogP contribution in [-0.4, -0.2) is 78.2 Å². The molecule has 0 aliphatic carbocycles. The number of unbranched alkanes of at least 4 members (excludes halogenated alkanes) is 1. The van der Waals surface area contributed by atoms with E-state index in [0.717, 1.165) is 30.5 Å². The Morgan fingerprint density at radius 3 is 2.75 bits per heavy atom. The summed E-state index contributed by atoms with van der Waals surface area (Å²) in [4.78, 5) is 44.7. The van der Waals surface area contributed by atoms with Gasteiger partial charge in [-0.25, -0.2) is 4.57 Å². The molecule has 0 bridgehead atoms. The Morgan fingerprint density at radius 2 is 2.02 bits per heavy atom. The number of amides is 2. The van der Waals surface area contributed by atoms with Crippen LogP contribution in [0.25, 0.3) is 0 Å². The third-order valence-electron chi connectivity index (χ3n) is 8.33. The number of hydrogen-bond acceptors (Lipinski definition) is 6. The van der Waals surface area contributed by atoms with Crippen molar-refractivity contribution in [2.75, 3.05) is 44.4 Å². The molecule has 2 aromatic rings. The average molecular weight is 552 g/mol. The highest BCUT2D eigenvalue weighted by molar-refractivity contribution is 5.94. The standard InChI is InChI=1S/C30H38N4O6/c1-3-4-14-34(22-7-5-12-31(2)17-22)28(36)19-33-18-23(21-9-10-25-26(16-21)40-20-39-25)29(30(37)38)24(33)11-15-32-13-6-8-27(32)35/h5,7,9-10,12,16-17,23-24,29H,3-4,6,8,11,13-15,18-20H2,1-2H3/p+1/t23-,24+,29-/m1/s1. The van der Waals surface area contributed by atoms with Gasteiger partial charge in [0.2, 0.25) is 18.6 Å². The molecule has 2 saturated heterocycles. The Balaban J connectivity index is 1.43. The zero-order chi connectivity index (χ0) is 28.2. The molecule has 4 heterocycles. The molecule has 10 nitrogen and oxygen atoms in total. The number of carbonyl (C=O) groups excluding carboxylic acids is 2. The number of ether oxygens (including phenoxy) is 2. The molecule has 3 aliphatic heterocycles. The van der Waals surface area contributed by atoms with E-state index in [2.05, 4.69) is 6.92 Å². The SMILES string of the molecule is CCCCN(C(=O)CN1C[C@H](c2ccc3c(c2)OCO3)[C@@H](C(=O)O)[C@@H]1CCN1CCCC1=O)c1ccc[n+](C)c1. The van der Waals surface area contributed by atoms with Gasteiger partial charge < -0.3 is 24.4 Å². The summed E-state index contributed by atoms with van der Waals surface area (Å²) < 4.78 is 13.0. The molecule has 1 aromatic carbocycles. The van der Waals surface area contributed by atoms with Crippen LogP contribution < -0.4 is 18.9 Å². The van der Waals surface area contributed by atoms with E-state index in [1.54, 1.807) is 0 Å². The number of pyridine rings is 1. The maximum Gasteiger partial charge on any atom is 0.308 e.